The largest absolute Gasteiger partial charge is 0.324 e. The number of aromatic nitrogens is 2. The van der Waals surface area contributed by atoms with Gasteiger partial charge >= 0.3 is 0 Å². The van der Waals surface area contributed by atoms with Crippen LogP contribution < -0.4 is 10.9 Å². The maximum Gasteiger partial charge on any atom is 0.262 e. The van der Waals surface area contributed by atoms with Gasteiger partial charge in [-0.05, 0) is 38.5 Å². The minimum Gasteiger partial charge on any atom is -0.324 e. The molecule has 0 fully saturated rings. The van der Waals surface area contributed by atoms with E-state index in [0.717, 1.165) is 10.4 Å². The summed E-state index contributed by atoms with van der Waals surface area (Å²) in [7, 11) is 0. The van der Waals surface area contributed by atoms with Crippen molar-refractivity contribution in [2.75, 3.05) is 5.32 Å². The summed E-state index contributed by atoms with van der Waals surface area (Å²) >= 11 is 1.47. The van der Waals surface area contributed by atoms with Gasteiger partial charge in [0.25, 0.3) is 5.56 Å². The Morgan fingerprint density at radius 2 is 1.96 bits per heavy atom. The molecule has 3 rings (SSSR count). The van der Waals surface area contributed by atoms with Crippen LogP contribution in [-0.4, -0.2) is 21.2 Å². The Hall–Kier alpha value is -2.80. The van der Waals surface area contributed by atoms with Crippen LogP contribution in [0.4, 0.5) is 5.69 Å². The molecule has 0 spiro atoms. The van der Waals surface area contributed by atoms with Crippen molar-refractivity contribution in [1.82, 2.24) is 9.55 Å². The number of nitrogens with one attached hydrogen (secondary N) is 1. The number of hydrogen-bond acceptors (Lipinski definition) is 5. The average molecular weight is 355 g/mol. The number of aryl methyl sites for hydroxylation is 2. The lowest BCUT2D eigenvalue weighted by molar-refractivity contribution is -0.116. The highest BCUT2D eigenvalue weighted by Crippen LogP contribution is 2.25. The van der Waals surface area contributed by atoms with Crippen LogP contribution in [-0.2, 0) is 11.3 Å². The van der Waals surface area contributed by atoms with Crippen molar-refractivity contribution in [3.05, 3.63) is 57.0 Å². The molecule has 0 unspecified atom stereocenters. The summed E-state index contributed by atoms with van der Waals surface area (Å²) in [4.78, 5) is 42.6. The van der Waals surface area contributed by atoms with E-state index in [4.69, 9.17) is 0 Å². The number of carbonyl (C=O) groups excluding carboxylic acids is 2. The molecule has 1 amide bonds. The Kier molecular flexibility index (Phi) is 4.50. The van der Waals surface area contributed by atoms with Crippen molar-refractivity contribution >= 4 is 38.9 Å². The molecule has 6 nitrogen and oxygen atoms in total. The van der Waals surface area contributed by atoms with Gasteiger partial charge in [-0.1, -0.05) is 12.1 Å². The highest BCUT2D eigenvalue weighted by molar-refractivity contribution is 7.18. The Balaban J connectivity index is 1.88. The van der Waals surface area contributed by atoms with E-state index in [1.807, 2.05) is 13.8 Å². The molecular weight excluding hydrogens is 338 g/mol. The molecule has 0 atom stereocenters. The second-order valence-electron chi connectivity index (χ2n) is 5.79. The van der Waals surface area contributed by atoms with Gasteiger partial charge in [-0.2, -0.15) is 0 Å². The van der Waals surface area contributed by atoms with Crippen LogP contribution in [0.1, 0.15) is 27.7 Å². The molecule has 25 heavy (non-hydrogen) atoms. The van der Waals surface area contributed by atoms with Crippen LogP contribution in [0.2, 0.25) is 0 Å². The summed E-state index contributed by atoms with van der Waals surface area (Å²) in [5.41, 5.74) is 1.53. The topological polar surface area (TPSA) is 81.1 Å². The highest BCUT2D eigenvalue weighted by atomic mass is 32.1. The van der Waals surface area contributed by atoms with Gasteiger partial charge < -0.3 is 5.32 Å². The molecule has 7 heteroatoms. The number of thiophene rings is 1. The maximum absolute atomic E-state index is 12.6. The zero-order valence-electron chi connectivity index (χ0n) is 14.1. The molecule has 0 saturated carbocycles. The lowest BCUT2D eigenvalue weighted by atomic mass is 10.1. The Morgan fingerprint density at radius 1 is 1.24 bits per heavy atom. The Bertz CT molecular complexity index is 1050. The summed E-state index contributed by atoms with van der Waals surface area (Å²) in [5, 5.41) is 3.25. The van der Waals surface area contributed by atoms with E-state index in [-0.39, 0.29) is 23.8 Å². The Morgan fingerprint density at radius 3 is 2.68 bits per heavy atom. The first kappa shape index (κ1) is 17.0. The van der Waals surface area contributed by atoms with Gasteiger partial charge in [0.2, 0.25) is 5.91 Å². The third-order valence-corrected chi connectivity index (χ3v) is 5.17. The lowest BCUT2D eigenvalue weighted by Gasteiger charge is -2.10. The van der Waals surface area contributed by atoms with Gasteiger partial charge in [0, 0.05) is 10.4 Å². The van der Waals surface area contributed by atoms with E-state index in [1.54, 1.807) is 24.3 Å². The minimum absolute atomic E-state index is 0.138. The van der Waals surface area contributed by atoms with Crippen molar-refractivity contribution in [1.29, 1.82) is 0 Å². The molecule has 0 aliphatic rings. The van der Waals surface area contributed by atoms with Gasteiger partial charge in [-0.25, -0.2) is 4.98 Å². The average Bonchev–Trinajstić information content (AvgIpc) is 2.86. The monoisotopic (exact) mass is 355 g/mol. The third-order valence-electron chi connectivity index (χ3n) is 4.05. The van der Waals surface area contributed by atoms with Crippen LogP contribution >= 0.6 is 11.3 Å². The highest BCUT2D eigenvalue weighted by Gasteiger charge is 2.15. The van der Waals surface area contributed by atoms with Crippen LogP contribution in [0.5, 0.6) is 0 Å². The van der Waals surface area contributed by atoms with Gasteiger partial charge in [0.15, 0.2) is 5.78 Å². The minimum atomic E-state index is -0.387. The number of anilines is 1. The van der Waals surface area contributed by atoms with E-state index in [2.05, 4.69) is 10.3 Å². The number of ketones is 1. The standard InChI is InChI=1S/C18H17N3O3S/c1-10-12(3)25-17-16(10)18(24)21(9-19-17)8-15(23)20-14-7-5-4-6-13(14)11(2)22/h4-7,9H,8H2,1-3H3,(H,20,23). The number of para-hydroxylation sites is 1. The van der Waals surface area contributed by atoms with Crippen LogP contribution in [0.25, 0.3) is 10.2 Å². The van der Waals surface area contributed by atoms with Crippen LogP contribution in [0.3, 0.4) is 0 Å². The Labute approximate surface area is 148 Å². The number of nitrogens with zero attached hydrogens (tertiary/aromatic N) is 2. The first-order valence-electron chi connectivity index (χ1n) is 7.73. The van der Waals surface area contributed by atoms with Gasteiger partial charge in [0.05, 0.1) is 17.4 Å². The molecule has 3 aromatic rings. The lowest BCUT2D eigenvalue weighted by Crippen LogP contribution is -2.28. The van der Waals surface area contributed by atoms with Crippen molar-refractivity contribution < 1.29 is 9.59 Å². The van der Waals surface area contributed by atoms with Gasteiger partial charge in [-0.15, -0.1) is 11.3 Å². The molecule has 128 valence electrons. The second kappa shape index (κ2) is 6.60. The fourth-order valence-electron chi connectivity index (χ4n) is 2.63. The van der Waals surface area contributed by atoms with Gasteiger partial charge in [-0.3, -0.25) is 19.0 Å². The molecule has 1 aromatic carbocycles. The number of fused-ring (bicyclic) bond motifs is 1. The first-order chi connectivity index (χ1) is 11.9. The fraction of sp³-hybridized carbons (Fsp3) is 0.222. The van der Waals surface area contributed by atoms with E-state index in [9.17, 15) is 14.4 Å². The van der Waals surface area contributed by atoms with E-state index < -0.39 is 0 Å². The van der Waals surface area contributed by atoms with Crippen molar-refractivity contribution in [2.45, 2.75) is 27.3 Å². The number of benzene rings is 1. The summed E-state index contributed by atoms with van der Waals surface area (Å²) in [6.07, 6.45) is 1.39. The zero-order valence-corrected chi connectivity index (χ0v) is 14.9. The SMILES string of the molecule is CC(=O)c1ccccc1NC(=O)Cn1cnc2sc(C)c(C)c2c1=O. The third kappa shape index (κ3) is 3.23. The second-order valence-corrected chi connectivity index (χ2v) is 6.99. The molecule has 0 radical (unpaired) electrons. The number of rotatable bonds is 4. The molecule has 0 aliphatic carbocycles. The van der Waals surface area contributed by atoms with Crippen LogP contribution in [0.15, 0.2) is 35.4 Å². The molecule has 2 heterocycles. The summed E-state index contributed by atoms with van der Waals surface area (Å²) in [5.74, 6) is -0.526. The summed E-state index contributed by atoms with van der Waals surface area (Å²) in [6.45, 7) is 5.10. The molecule has 0 bridgehead atoms. The maximum atomic E-state index is 12.6. The normalized spacial score (nSPS) is 10.8. The van der Waals surface area contributed by atoms with Crippen molar-refractivity contribution in [2.24, 2.45) is 0 Å². The number of Topliss-reactive ketones (excluding diaryl/α,β-unsaturated/α-hetero) is 1. The quantitative estimate of drug-likeness (QED) is 0.730. The molecule has 0 aliphatic heterocycles. The van der Waals surface area contributed by atoms with E-state index in [0.29, 0.717) is 21.5 Å². The number of amides is 1. The van der Waals surface area contributed by atoms with Gasteiger partial charge in [0.1, 0.15) is 11.4 Å². The molecule has 2 aromatic heterocycles. The van der Waals surface area contributed by atoms with E-state index in [1.165, 1.54) is 29.2 Å². The molecule has 0 saturated heterocycles. The molecular formula is C18H17N3O3S. The number of carbonyl (C=O) groups is 2. The predicted molar refractivity (Wildman–Crippen MR) is 98.4 cm³/mol. The first-order valence-corrected chi connectivity index (χ1v) is 8.55. The molecule has 1 N–H and O–H groups in total. The smallest absolute Gasteiger partial charge is 0.262 e. The van der Waals surface area contributed by atoms with E-state index >= 15 is 0 Å². The summed E-state index contributed by atoms with van der Waals surface area (Å²) in [6, 6.07) is 6.77. The fourth-order valence-corrected chi connectivity index (χ4v) is 3.61. The van der Waals surface area contributed by atoms with Crippen molar-refractivity contribution in [3.63, 3.8) is 0 Å². The summed E-state index contributed by atoms with van der Waals surface area (Å²) < 4.78 is 1.28. The number of hydrogen-bond donors (Lipinski definition) is 1. The van der Waals surface area contributed by atoms with Crippen molar-refractivity contribution in [3.8, 4) is 0 Å². The van der Waals surface area contributed by atoms with Crippen LogP contribution in [0, 0.1) is 13.8 Å². The zero-order chi connectivity index (χ0) is 18.1. The predicted octanol–water partition coefficient (Wildman–Crippen LogP) is 2.92.